The van der Waals surface area contributed by atoms with Gasteiger partial charge in [-0.2, -0.15) is 0 Å². The number of nitrogens with one attached hydrogen (secondary N) is 1. The maximum absolute atomic E-state index is 7.56. The highest BCUT2D eigenvalue weighted by Gasteiger charge is 2.02. The summed E-state index contributed by atoms with van der Waals surface area (Å²) in [5.74, 6) is 0. The number of pyridine rings is 1. The number of amidine groups is 1. The van der Waals surface area contributed by atoms with Gasteiger partial charge in [-0.15, -0.1) is 0 Å². The van der Waals surface area contributed by atoms with E-state index >= 15 is 0 Å². The van der Waals surface area contributed by atoms with Crippen molar-refractivity contribution < 1.29 is 0 Å². The highest BCUT2D eigenvalue weighted by Crippen LogP contribution is 2.05. The molecule has 0 aliphatic carbocycles. The van der Waals surface area contributed by atoms with Crippen molar-refractivity contribution in [2.45, 2.75) is 6.54 Å². The van der Waals surface area contributed by atoms with Crippen LogP contribution in [-0.4, -0.2) is 28.4 Å². The Labute approximate surface area is 82.7 Å². The quantitative estimate of drug-likeness (QED) is 0.578. The molecule has 0 unspecified atom stereocenters. The van der Waals surface area contributed by atoms with Crippen LogP contribution in [0, 0.1) is 5.41 Å². The van der Waals surface area contributed by atoms with E-state index in [0.717, 1.165) is 12.1 Å². The zero-order valence-electron chi connectivity index (χ0n) is 7.82. The minimum Gasteiger partial charge on any atom is -0.350 e. The first-order valence-electron chi connectivity index (χ1n) is 3.96. The standard InChI is InChI=1S/C9H13N3S/c1-12(9(10)13-2)7-8-4-3-5-11-6-8/h3-6,10H,7H2,1-2H3. The van der Waals surface area contributed by atoms with E-state index in [4.69, 9.17) is 5.41 Å². The molecule has 0 atom stereocenters. The van der Waals surface area contributed by atoms with Gasteiger partial charge in [0, 0.05) is 26.0 Å². The van der Waals surface area contributed by atoms with Crippen LogP contribution < -0.4 is 0 Å². The maximum Gasteiger partial charge on any atom is 0.156 e. The van der Waals surface area contributed by atoms with Crippen molar-refractivity contribution in [2.75, 3.05) is 13.3 Å². The van der Waals surface area contributed by atoms with Gasteiger partial charge in [0.2, 0.25) is 0 Å². The summed E-state index contributed by atoms with van der Waals surface area (Å²) in [6.07, 6.45) is 5.48. The lowest BCUT2D eigenvalue weighted by atomic mass is 10.3. The van der Waals surface area contributed by atoms with Gasteiger partial charge in [0.1, 0.15) is 0 Å². The van der Waals surface area contributed by atoms with Crippen molar-refractivity contribution in [1.82, 2.24) is 9.88 Å². The lowest BCUT2D eigenvalue weighted by molar-refractivity contribution is 0.507. The Morgan fingerprint density at radius 1 is 1.69 bits per heavy atom. The normalized spacial score (nSPS) is 9.69. The summed E-state index contributed by atoms with van der Waals surface area (Å²) in [6, 6.07) is 3.92. The number of hydrogen-bond acceptors (Lipinski definition) is 3. The highest BCUT2D eigenvalue weighted by atomic mass is 32.2. The van der Waals surface area contributed by atoms with Gasteiger partial charge in [0.25, 0.3) is 0 Å². The molecule has 1 rings (SSSR count). The Bertz CT molecular complexity index is 273. The van der Waals surface area contributed by atoms with Crippen LogP contribution in [0.15, 0.2) is 24.5 Å². The molecular weight excluding hydrogens is 182 g/mol. The van der Waals surface area contributed by atoms with E-state index in [0.29, 0.717) is 5.17 Å². The average molecular weight is 195 g/mol. The molecule has 0 radical (unpaired) electrons. The molecule has 1 N–H and O–H groups in total. The summed E-state index contributed by atoms with van der Waals surface area (Å²) in [4.78, 5) is 5.91. The Balaban J connectivity index is 2.55. The molecule has 1 aromatic heterocycles. The van der Waals surface area contributed by atoms with Crippen LogP contribution in [0.3, 0.4) is 0 Å². The van der Waals surface area contributed by atoms with E-state index in [1.807, 2.05) is 36.5 Å². The predicted octanol–water partition coefficient (Wildman–Crippen LogP) is 1.81. The van der Waals surface area contributed by atoms with Gasteiger partial charge in [-0.25, -0.2) is 0 Å². The lowest BCUT2D eigenvalue weighted by Gasteiger charge is -2.17. The second kappa shape index (κ2) is 4.87. The summed E-state index contributed by atoms with van der Waals surface area (Å²) in [5, 5.41) is 8.13. The van der Waals surface area contributed by atoms with E-state index in [2.05, 4.69) is 4.98 Å². The summed E-state index contributed by atoms with van der Waals surface area (Å²) >= 11 is 1.44. The zero-order valence-corrected chi connectivity index (χ0v) is 8.64. The van der Waals surface area contributed by atoms with Gasteiger partial charge in [0.05, 0.1) is 0 Å². The lowest BCUT2D eigenvalue weighted by Crippen LogP contribution is -2.22. The van der Waals surface area contributed by atoms with E-state index in [1.54, 1.807) is 6.20 Å². The van der Waals surface area contributed by atoms with Crippen LogP contribution >= 0.6 is 11.8 Å². The van der Waals surface area contributed by atoms with E-state index in [-0.39, 0.29) is 0 Å². The van der Waals surface area contributed by atoms with E-state index in [9.17, 15) is 0 Å². The Morgan fingerprint density at radius 3 is 3.00 bits per heavy atom. The first-order chi connectivity index (χ1) is 6.24. The van der Waals surface area contributed by atoms with E-state index < -0.39 is 0 Å². The Kier molecular flexibility index (Phi) is 3.76. The van der Waals surface area contributed by atoms with Crippen LogP contribution in [0.1, 0.15) is 5.56 Å². The number of aromatic nitrogens is 1. The molecular formula is C9H13N3S. The largest absolute Gasteiger partial charge is 0.350 e. The molecule has 4 heteroatoms. The molecule has 1 aromatic rings. The fourth-order valence-corrected chi connectivity index (χ4v) is 1.37. The highest BCUT2D eigenvalue weighted by molar-refractivity contribution is 8.13. The second-order valence-electron chi connectivity index (χ2n) is 2.73. The molecule has 0 aliphatic rings. The topological polar surface area (TPSA) is 40.0 Å². The van der Waals surface area contributed by atoms with Gasteiger partial charge in [-0.3, -0.25) is 10.4 Å². The van der Waals surface area contributed by atoms with Crippen molar-refractivity contribution in [3.8, 4) is 0 Å². The van der Waals surface area contributed by atoms with Gasteiger partial charge in [0.15, 0.2) is 5.17 Å². The van der Waals surface area contributed by atoms with E-state index in [1.165, 1.54) is 11.8 Å². The molecule has 13 heavy (non-hydrogen) atoms. The number of thioether (sulfide) groups is 1. The first kappa shape index (κ1) is 10.1. The molecule has 0 bridgehead atoms. The number of nitrogens with zero attached hydrogens (tertiary/aromatic N) is 2. The molecule has 0 saturated carbocycles. The average Bonchev–Trinajstić information content (AvgIpc) is 2.18. The van der Waals surface area contributed by atoms with Crippen molar-refractivity contribution in [2.24, 2.45) is 0 Å². The van der Waals surface area contributed by atoms with Crippen LogP contribution in [-0.2, 0) is 6.54 Å². The third-order valence-electron chi connectivity index (χ3n) is 1.68. The third-order valence-corrected chi connectivity index (χ3v) is 2.38. The van der Waals surface area contributed by atoms with Crippen molar-refractivity contribution in [3.63, 3.8) is 0 Å². The molecule has 0 spiro atoms. The van der Waals surface area contributed by atoms with Gasteiger partial charge >= 0.3 is 0 Å². The number of rotatable bonds is 2. The first-order valence-corrected chi connectivity index (χ1v) is 5.19. The second-order valence-corrected chi connectivity index (χ2v) is 3.52. The van der Waals surface area contributed by atoms with Crippen LogP contribution in [0.4, 0.5) is 0 Å². The summed E-state index contributed by atoms with van der Waals surface area (Å²) < 4.78 is 0. The molecule has 1 heterocycles. The maximum atomic E-state index is 7.56. The van der Waals surface area contributed by atoms with Gasteiger partial charge in [-0.05, 0) is 17.9 Å². The predicted molar refractivity (Wildman–Crippen MR) is 56.9 cm³/mol. The molecule has 0 aromatic carbocycles. The van der Waals surface area contributed by atoms with Crippen molar-refractivity contribution in [3.05, 3.63) is 30.1 Å². The Morgan fingerprint density at radius 2 is 2.46 bits per heavy atom. The zero-order chi connectivity index (χ0) is 9.68. The van der Waals surface area contributed by atoms with Crippen LogP contribution in [0.2, 0.25) is 0 Å². The molecule has 3 nitrogen and oxygen atoms in total. The molecule has 0 fully saturated rings. The smallest absolute Gasteiger partial charge is 0.156 e. The third kappa shape index (κ3) is 3.06. The van der Waals surface area contributed by atoms with Crippen LogP contribution in [0.25, 0.3) is 0 Å². The minimum absolute atomic E-state index is 0.573. The van der Waals surface area contributed by atoms with Crippen molar-refractivity contribution in [1.29, 1.82) is 5.41 Å². The fourth-order valence-electron chi connectivity index (χ4n) is 0.993. The van der Waals surface area contributed by atoms with Gasteiger partial charge < -0.3 is 4.90 Å². The fraction of sp³-hybridized carbons (Fsp3) is 0.333. The summed E-state index contributed by atoms with van der Waals surface area (Å²) in [5.41, 5.74) is 1.13. The monoisotopic (exact) mass is 195 g/mol. The number of hydrogen-bond donors (Lipinski definition) is 1. The summed E-state index contributed by atoms with van der Waals surface area (Å²) in [7, 11) is 1.91. The summed E-state index contributed by atoms with van der Waals surface area (Å²) in [6.45, 7) is 0.744. The molecule has 70 valence electrons. The SMILES string of the molecule is CSC(=N)N(C)Cc1cccnc1. The molecule has 0 amide bonds. The molecule has 0 saturated heterocycles. The minimum atomic E-state index is 0.573. The van der Waals surface area contributed by atoms with Crippen molar-refractivity contribution >= 4 is 16.9 Å². The molecule has 0 aliphatic heterocycles. The van der Waals surface area contributed by atoms with Crippen LogP contribution in [0.5, 0.6) is 0 Å². The van der Waals surface area contributed by atoms with Gasteiger partial charge in [-0.1, -0.05) is 17.8 Å². The Hall–Kier alpha value is -1.03.